The number of hydrogen-bond acceptors (Lipinski definition) is 3. The minimum absolute atomic E-state index is 0.121. The van der Waals surface area contributed by atoms with Crippen molar-refractivity contribution in [2.75, 3.05) is 14.1 Å². The van der Waals surface area contributed by atoms with Crippen molar-refractivity contribution < 1.29 is 9.32 Å². The maximum Gasteiger partial charge on any atom is 0.275 e. The molecule has 1 aromatic heterocycles. The first-order valence-electron chi connectivity index (χ1n) is 3.68. The van der Waals surface area contributed by atoms with Crippen LogP contribution >= 0.6 is 0 Å². The Morgan fingerprint density at radius 1 is 1.42 bits per heavy atom. The Hall–Kier alpha value is -1.32. The highest BCUT2D eigenvalue weighted by molar-refractivity contribution is 5.93. The van der Waals surface area contributed by atoms with E-state index >= 15 is 0 Å². The van der Waals surface area contributed by atoms with Gasteiger partial charge in [-0.05, 0) is 13.8 Å². The fraction of sp³-hybridized carbons (Fsp3) is 0.500. The lowest BCUT2D eigenvalue weighted by Gasteiger charge is -2.06. The van der Waals surface area contributed by atoms with Gasteiger partial charge in [0.25, 0.3) is 5.91 Å². The number of aryl methyl sites for hydroxylation is 1. The van der Waals surface area contributed by atoms with Gasteiger partial charge < -0.3 is 9.42 Å². The van der Waals surface area contributed by atoms with E-state index in [-0.39, 0.29) is 5.91 Å². The van der Waals surface area contributed by atoms with Crippen molar-refractivity contribution in [3.63, 3.8) is 0 Å². The lowest BCUT2D eigenvalue weighted by Crippen LogP contribution is -2.22. The predicted molar refractivity (Wildman–Crippen MR) is 44.0 cm³/mol. The number of rotatable bonds is 1. The minimum Gasteiger partial charge on any atom is -0.361 e. The molecule has 0 aromatic carbocycles. The summed E-state index contributed by atoms with van der Waals surface area (Å²) in [6.07, 6.45) is 0. The van der Waals surface area contributed by atoms with Gasteiger partial charge in [0.15, 0.2) is 5.69 Å². The van der Waals surface area contributed by atoms with Crippen LogP contribution in [0.1, 0.15) is 21.8 Å². The normalized spacial score (nSPS) is 10.0. The third kappa shape index (κ3) is 1.32. The Labute approximate surface area is 71.1 Å². The second kappa shape index (κ2) is 2.97. The predicted octanol–water partition coefficient (Wildman–Crippen LogP) is 0.993. The molecule has 0 saturated carbocycles. The molecular weight excluding hydrogens is 156 g/mol. The van der Waals surface area contributed by atoms with Crippen LogP contribution in [0.4, 0.5) is 0 Å². The fourth-order valence-electron chi connectivity index (χ4n) is 0.829. The maximum atomic E-state index is 11.4. The monoisotopic (exact) mass is 168 g/mol. The van der Waals surface area contributed by atoms with Gasteiger partial charge in [0, 0.05) is 19.7 Å². The Kier molecular flexibility index (Phi) is 2.17. The van der Waals surface area contributed by atoms with E-state index in [4.69, 9.17) is 4.52 Å². The molecule has 0 aliphatic heterocycles. The van der Waals surface area contributed by atoms with Crippen molar-refractivity contribution in [3.05, 3.63) is 17.0 Å². The van der Waals surface area contributed by atoms with E-state index in [1.54, 1.807) is 21.0 Å². The van der Waals surface area contributed by atoms with Gasteiger partial charge in [0.05, 0.1) is 0 Å². The molecular formula is C8H12N2O2. The highest BCUT2D eigenvalue weighted by Gasteiger charge is 2.17. The topological polar surface area (TPSA) is 46.3 Å². The van der Waals surface area contributed by atoms with Crippen LogP contribution in [0.15, 0.2) is 4.52 Å². The van der Waals surface area contributed by atoms with E-state index in [9.17, 15) is 4.79 Å². The third-order valence-electron chi connectivity index (χ3n) is 1.77. The highest BCUT2D eigenvalue weighted by Crippen LogP contribution is 2.12. The van der Waals surface area contributed by atoms with E-state index < -0.39 is 0 Å². The van der Waals surface area contributed by atoms with Crippen molar-refractivity contribution in [2.45, 2.75) is 13.8 Å². The molecule has 0 fully saturated rings. The second-order valence-electron chi connectivity index (χ2n) is 2.91. The van der Waals surface area contributed by atoms with Crippen LogP contribution in [0.3, 0.4) is 0 Å². The lowest BCUT2D eigenvalue weighted by atomic mass is 10.2. The maximum absolute atomic E-state index is 11.4. The standard InChI is InChI=1S/C8H12N2O2/c1-5-6(2)12-9-7(5)8(11)10(3)4/h1-4H3. The Morgan fingerprint density at radius 2 is 2.00 bits per heavy atom. The zero-order valence-corrected chi connectivity index (χ0v) is 7.71. The number of aromatic nitrogens is 1. The molecule has 4 heteroatoms. The van der Waals surface area contributed by atoms with Crippen molar-refractivity contribution in [2.24, 2.45) is 0 Å². The molecule has 0 aliphatic carbocycles. The van der Waals surface area contributed by atoms with Crippen LogP contribution in [0.25, 0.3) is 0 Å². The molecule has 0 N–H and O–H groups in total. The summed E-state index contributed by atoms with van der Waals surface area (Å²) in [5.41, 5.74) is 1.21. The molecule has 66 valence electrons. The highest BCUT2D eigenvalue weighted by atomic mass is 16.5. The molecule has 12 heavy (non-hydrogen) atoms. The lowest BCUT2D eigenvalue weighted by molar-refractivity contribution is 0.0817. The van der Waals surface area contributed by atoms with E-state index in [1.165, 1.54) is 4.90 Å². The fourth-order valence-corrected chi connectivity index (χ4v) is 0.829. The molecule has 0 radical (unpaired) electrons. The summed E-state index contributed by atoms with van der Waals surface area (Å²) < 4.78 is 4.87. The molecule has 1 rings (SSSR count). The summed E-state index contributed by atoms with van der Waals surface area (Å²) in [4.78, 5) is 12.9. The molecule has 0 unspecified atom stereocenters. The van der Waals surface area contributed by atoms with Crippen molar-refractivity contribution >= 4 is 5.91 Å². The molecule has 1 aromatic rings. The molecule has 0 saturated heterocycles. The molecule has 1 heterocycles. The summed E-state index contributed by atoms with van der Waals surface area (Å²) in [5, 5.41) is 3.67. The van der Waals surface area contributed by atoms with Gasteiger partial charge in [0.1, 0.15) is 5.76 Å². The number of nitrogens with zero attached hydrogens (tertiary/aromatic N) is 2. The van der Waals surface area contributed by atoms with E-state index in [1.807, 2.05) is 6.92 Å². The Bertz CT molecular complexity index is 302. The van der Waals surface area contributed by atoms with Crippen LogP contribution in [0.2, 0.25) is 0 Å². The summed E-state index contributed by atoms with van der Waals surface area (Å²) >= 11 is 0. The summed E-state index contributed by atoms with van der Waals surface area (Å²) in [6, 6.07) is 0. The first kappa shape index (κ1) is 8.77. The number of amides is 1. The first-order chi connectivity index (χ1) is 5.54. The largest absolute Gasteiger partial charge is 0.361 e. The van der Waals surface area contributed by atoms with E-state index in [0.717, 1.165) is 5.56 Å². The number of carbonyl (C=O) groups is 1. The zero-order valence-electron chi connectivity index (χ0n) is 7.71. The Morgan fingerprint density at radius 3 is 2.33 bits per heavy atom. The van der Waals surface area contributed by atoms with Crippen LogP contribution in [0.5, 0.6) is 0 Å². The van der Waals surface area contributed by atoms with Gasteiger partial charge in [-0.15, -0.1) is 0 Å². The second-order valence-corrected chi connectivity index (χ2v) is 2.91. The Balaban J connectivity index is 3.04. The molecule has 1 amide bonds. The van der Waals surface area contributed by atoms with Gasteiger partial charge >= 0.3 is 0 Å². The molecule has 0 aliphatic rings. The van der Waals surface area contributed by atoms with Crippen LogP contribution in [0, 0.1) is 13.8 Å². The minimum atomic E-state index is -0.121. The van der Waals surface area contributed by atoms with Crippen LogP contribution < -0.4 is 0 Å². The third-order valence-corrected chi connectivity index (χ3v) is 1.77. The zero-order chi connectivity index (χ0) is 9.30. The molecule has 0 spiro atoms. The smallest absolute Gasteiger partial charge is 0.275 e. The van der Waals surface area contributed by atoms with Crippen LogP contribution in [-0.4, -0.2) is 30.1 Å². The van der Waals surface area contributed by atoms with Crippen molar-refractivity contribution in [3.8, 4) is 0 Å². The SMILES string of the molecule is Cc1onc(C(=O)N(C)C)c1C. The molecule has 0 bridgehead atoms. The average molecular weight is 168 g/mol. The molecule has 4 nitrogen and oxygen atoms in total. The van der Waals surface area contributed by atoms with Crippen molar-refractivity contribution in [1.82, 2.24) is 10.1 Å². The first-order valence-corrected chi connectivity index (χ1v) is 3.68. The van der Waals surface area contributed by atoms with E-state index in [2.05, 4.69) is 5.16 Å². The summed E-state index contributed by atoms with van der Waals surface area (Å²) in [5.74, 6) is 0.574. The van der Waals surface area contributed by atoms with Gasteiger partial charge in [-0.2, -0.15) is 0 Å². The quantitative estimate of drug-likeness (QED) is 0.628. The van der Waals surface area contributed by atoms with E-state index in [0.29, 0.717) is 11.5 Å². The molecule has 0 atom stereocenters. The summed E-state index contributed by atoms with van der Waals surface area (Å²) in [7, 11) is 3.37. The van der Waals surface area contributed by atoms with Gasteiger partial charge in [0.2, 0.25) is 0 Å². The summed E-state index contributed by atoms with van der Waals surface area (Å²) in [6.45, 7) is 3.61. The average Bonchev–Trinajstić information content (AvgIpc) is 2.32. The number of hydrogen-bond donors (Lipinski definition) is 0. The number of carbonyl (C=O) groups excluding carboxylic acids is 1. The van der Waals surface area contributed by atoms with Crippen LogP contribution in [-0.2, 0) is 0 Å². The van der Waals surface area contributed by atoms with Gasteiger partial charge in [-0.25, -0.2) is 0 Å². The van der Waals surface area contributed by atoms with Crippen molar-refractivity contribution in [1.29, 1.82) is 0 Å². The van der Waals surface area contributed by atoms with Gasteiger partial charge in [-0.3, -0.25) is 4.79 Å². The van der Waals surface area contributed by atoms with Gasteiger partial charge in [-0.1, -0.05) is 5.16 Å².